The van der Waals surface area contributed by atoms with Crippen molar-refractivity contribution in [1.29, 1.82) is 0 Å². The average Bonchev–Trinajstić information content (AvgIpc) is 2.29. The van der Waals surface area contributed by atoms with Gasteiger partial charge in [-0.25, -0.2) is 0 Å². The van der Waals surface area contributed by atoms with Crippen LogP contribution in [0.2, 0.25) is 0 Å². The van der Waals surface area contributed by atoms with Gasteiger partial charge in [0, 0.05) is 24.7 Å². The summed E-state index contributed by atoms with van der Waals surface area (Å²) in [4.78, 5) is 2.84. The van der Waals surface area contributed by atoms with Crippen LogP contribution in [-0.2, 0) is 0 Å². The third-order valence-electron chi connectivity index (χ3n) is 4.44. The molecule has 0 aromatic carbocycles. The van der Waals surface area contributed by atoms with Gasteiger partial charge in [-0.3, -0.25) is 4.90 Å². The minimum Gasteiger partial charge on any atom is -0.311 e. The minimum atomic E-state index is 0.832. The number of hydrogen-bond donors (Lipinski definition) is 1. The van der Waals surface area contributed by atoms with Crippen LogP contribution in [0.15, 0.2) is 0 Å². The van der Waals surface area contributed by atoms with Crippen molar-refractivity contribution in [3.63, 3.8) is 0 Å². The standard InChI is InChI=1S/C12H22N2/c1-2-7-12-11(6-1)13-9-10-5-3-4-8-14(10)12/h10-13H,1-9H2. The zero-order valence-corrected chi connectivity index (χ0v) is 9.04. The molecule has 1 aliphatic carbocycles. The molecule has 3 atom stereocenters. The summed E-state index contributed by atoms with van der Waals surface area (Å²) in [5.74, 6) is 0. The lowest BCUT2D eigenvalue weighted by Gasteiger charge is -2.51. The summed E-state index contributed by atoms with van der Waals surface area (Å²) in [5, 5.41) is 3.78. The second-order valence-electron chi connectivity index (χ2n) is 5.25. The molecule has 0 aromatic rings. The Labute approximate surface area is 87.0 Å². The maximum absolute atomic E-state index is 3.78. The maximum Gasteiger partial charge on any atom is 0.0252 e. The first-order valence-corrected chi connectivity index (χ1v) is 6.44. The molecule has 3 unspecified atom stereocenters. The van der Waals surface area contributed by atoms with Gasteiger partial charge in [-0.15, -0.1) is 0 Å². The van der Waals surface area contributed by atoms with Crippen molar-refractivity contribution in [2.45, 2.75) is 63.1 Å². The Morgan fingerprint density at radius 3 is 2.79 bits per heavy atom. The Morgan fingerprint density at radius 1 is 0.929 bits per heavy atom. The number of nitrogens with one attached hydrogen (secondary N) is 1. The second kappa shape index (κ2) is 3.82. The van der Waals surface area contributed by atoms with Crippen LogP contribution >= 0.6 is 0 Å². The molecule has 3 fully saturated rings. The first-order valence-electron chi connectivity index (χ1n) is 6.44. The Kier molecular flexibility index (Phi) is 2.50. The van der Waals surface area contributed by atoms with Crippen LogP contribution in [0.5, 0.6) is 0 Å². The van der Waals surface area contributed by atoms with Crippen molar-refractivity contribution in [2.75, 3.05) is 13.1 Å². The van der Waals surface area contributed by atoms with Crippen molar-refractivity contribution >= 4 is 0 Å². The highest BCUT2D eigenvalue weighted by atomic mass is 15.3. The summed E-state index contributed by atoms with van der Waals surface area (Å²) in [6.45, 7) is 2.65. The van der Waals surface area contributed by atoms with Crippen molar-refractivity contribution in [3.05, 3.63) is 0 Å². The van der Waals surface area contributed by atoms with E-state index >= 15 is 0 Å². The van der Waals surface area contributed by atoms with Crippen LogP contribution in [0.4, 0.5) is 0 Å². The molecule has 80 valence electrons. The first-order chi connectivity index (χ1) is 6.95. The molecule has 0 amide bonds. The summed E-state index contributed by atoms with van der Waals surface area (Å²) in [6, 6.07) is 2.60. The molecule has 0 radical (unpaired) electrons. The molecule has 1 N–H and O–H groups in total. The fourth-order valence-corrected chi connectivity index (χ4v) is 3.71. The third kappa shape index (κ3) is 1.49. The molecular weight excluding hydrogens is 172 g/mol. The van der Waals surface area contributed by atoms with Crippen LogP contribution in [0, 0.1) is 0 Å². The quantitative estimate of drug-likeness (QED) is 0.632. The van der Waals surface area contributed by atoms with Crippen LogP contribution < -0.4 is 5.32 Å². The Morgan fingerprint density at radius 2 is 1.79 bits per heavy atom. The fraction of sp³-hybridized carbons (Fsp3) is 1.00. The number of rotatable bonds is 0. The summed E-state index contributed by atoms with van der Waals surface area (Å²) in [7, 11) is 0. The van der Waals surface area contributed by atoms with E-state index in [1.165, 1.54) is 58.0 Å². The highest BCUT2D eigenvalue weighted by Gasteiger charge is 2.38. The normalized spacial score (nSPS) is 44.1. The third-order valence-corrected chi connectivity index (χ3v) is 4.44. The zero-order chi connectivity index (χ0) is 9.38. The van der Waals surface area contributed by atoms with Gasteiger partial charge >= 0.3 is 0 Å². The lowest BCUT2D eigenvalue weighted by molar-refractivity contribution is 0.0173. The van der Waals surface area contributed by atoms with Gasteiger partial charge in [-0.1, -0.05) is 19.3 Å². The Hall–Kier alpha value is -0.0800. The van der Waals surface area contributed by atoms with E-state index in [-0.39, 0.29) is 0 Å². The van der Waals surface area contributed by atoms with Gasteiger partial charge in [0.2, 0.25) is 0 Å². The molecule has 3 rings (SSSR count). The molecule has 2 heteroatoms. The lowest BCUT2D eigenvalue weighted by atomic mass is 9.84. The number of hydrogen-bond acceptors (Lipinski definition) is 2. The molecule has 0 bridgehead atoms. The first kappa shape index (κ1) is 9.17. The van der Waals surface area contributed by atoms with E-state index in [0.29, 0.717) is 0 Å². The number of nitrogens with zero attached hydrogens (tertiary/aromatic N) is 1. The zero-order valence-electron chi connectivity index (χ0n) is 9.04. The van der Waals surface area contributed by atoms with Crippen LogP contribution in [0.25, 0.3) is 0 Å². The Balaban J connectivity index is 1.74. The van der Waals surface area contributed by atoms with E-state index in [4.69, 9.17) is 0 Å². The largest absolute Gasteiger partial charge is 0.311 e. The van der Waals surface area contributed by atoms with Crippen molar-refractivity contribution in [1.82, 2.24) is 10.2 Å². The van der Waals surface area contributed by atoms with Gasteiger partial charge in [0.15, 0.2) is 0 Å². The predicted octanol–water partition coefficient (Wildman–Crippen LogP) is 1.76. The average molecular weight is 194 g/mol. The van der Waals surface area contributed by atoms with Gasteiger partial charge in [-0.2, -0.15) is 0 Å². The lowest BCUT2D eigenvalue weighted by Crippen LogP contribution is -2.64. The number of piperazine rings is 1. The molecule has 14 heavy (non-hydrogen) atoms. The smallest absolute Gasteiger partial charge is 0.0252 e. The highest BCUT2D eigenvalue weighted by molar-refractivity contribution is 4.97. The molecule has 2 aliphatic heterocycles. The van der Waals surface area contributed by atoms with Gasteiger partial charge in [0.05, 0.1) is 0 Å². The predicted molar refractivity (Wildman–Crippen MR) is 58.4 cm³/mol. The minimum absolute atomic E-state index is 0.832. The van der Waals surface area contributed by atoms with Crippen molar-refractivity contribution in [2.24, 2.45) is 0 Å². The van der Waals surface area contributed by atoms with Gasteiger partial charge in [0.25, 0.3) is 0 Å². The second-order valence-corrected chi connectivity index (χ2v) is 5.25. The molecule has 2 heterocycles. The molecule has 0 spiro atoms. The molecule has 1 saturated carbocycles. The van der Waals surface area contributed by atoms with Gasteiger partial charge in [-0.05, 0) is 32.2 Å². The van der Waals surface area contributed by atoms with Gasteiger partial charge in [0.1, 0.15) is 0 Å². The van der Waals surface area contributed by atoms with E-state index in [9.17, 15) is 0 Å². The SMILES string of the molecule is C1CCC2C(C1)NCC1CCCCN12. The van der Waals surface area contributed by atoms with Crippen LogP contribution in [0.3, 0.4) is 0 Å². The topological polar surface area (TPSA) is 15.3 Å². The van der Waals surface area contributed by atoms with E-state index in [2.05, 4.69) is 10.2 Å². The Bertz CT molecular complexity index is 182. The monoisotopic (exact) mass is 194 g/mol. The van der Waals surface area contributed by atoms with E-state index in [1.807, 2.05) is 0 Å². The van der Waals surface area contributed by atoms with Crippen LogP contribution in [-0.4, -0.2) is 36.1 Å². The molecule has 3 aliphatic rings. The van der Waals surface area contributed by atoms with Gasteiger partial charge < -0.3 is 5.32 Å². The summed E-state index contributed by atoms with van der Waals surface area (Å²) >= 11 is 0. The summed E-state index contributed by atoms with van der Waals surface area (Å²) in [6.07, 6.45) is 10.1. The van der Waals surface area contributed by atoms with Crippen molar-refractivity contribution < 1.29 is 0 Å². The highest BCUT2D eigenvalue weighted by Crippen LogP contribution is 2.31. The molecule has 2 saturated heterocycles. The maximum atomic E-state index is 3.78. The van der Waals surface area contributed by atoms with Crippen LogP contribution in [0.1, 0.15) is 44.9 Å². The van der Waals surface area contributed by atoms with E-state index in [0.717, 1.165) is 18.1 Å². The van der Waals surface area contributed by atoms with E-state index < -0.39 is 0 Å². The van der Waals surface area contributed by atoms with Crippen molar-refractivity contribution in [3.8, 4) is 0 Å². The molecule has 0 aromatic heterocycles. The number of fused-ring (bicyclic) bond motifs is 3. The summed E-state index contributed by atoms with van der Waals surface area (Å²) < 4.78 is 0. The summed E-state index contributed by atoms with van der Waals surface area (Å²) in [5.41, 5.74) is 0. The fourth-order valence-electron chi connectivity index (χ4n) is 3.71. The number of piperidine rings is 1. The molecular formula is C12H22N2. The van der Waals surface area contributed by atoms with E-state index in [1.54, 1.807) is 0 Å². The molecule has 2 nitrogen and oxygen atoms in total.